The fourth-order valence-corrected chi connectivity index (χ4v) is 1.98. The maximum absolute atomic E-state index is 12.0. The number of carbonyl (C=O) groups is 2. The standard InChI is InChI=1S/C15H13ClN2O6/c1-9(14(19)17-8-11-3-2-6-23-11)24-15(20)10-4-5-12(16)13(7-10)18(21)22/h2-7,9H,8H2,1H3,(H,17,19)/t9-/m0/s1. The van der Waals surface area contributed by atoms with E-state index in [4.69, 9.17) is 20.8 Å². The van der Waals surface area contributed by atoms with Crippen LogP contribution in [0.15, 0.2) is 41.0 Å². The first-order valence-electron chi connectivity index (χ1n) is 6.83. The molecule has 0 aliphatic heterocycles. The van der Waals surface area contributed by atoms with Crippen molar-refractivity contribution in [1.82, 2.24) is 5.32 Å². The normalized spacial score (nSPS) is 11.6. The van der Waals surface area contributed by atoms with E-state index in [9.17, 15) is 19.7 Å². The maximum atomic E-state index is 12.0. The molecule has 1 N–H and O–H groups in total. The van der Waals surface area contributed by atoms with Crippen LogP contribution in [0.2, 0.25) is 5.02 Å². The summed E-state index contributed by atoms with van der Waals surface area (Å²) in [5.74, 6) is -0.839. The van der Waals surface area contributed by atoms with Crippen molar-refractivity contribution < 1.29 is 23.7 Å². The van der Waals surface area contributed by atoms with Gasteiger partial charge in [0, 0.05) is 6.07 Å². The van der Waals surface area contributed by atoms with E-state index in [-0.39, 0.29) is 17.1 Å². The van der Waals surface area contributed by atoms with Crippen LogP contribution in [0.25, 0.3) is 0 Å². The second-order valence-electron chi connectivity index (χ2n) is 4.77. The van der Waals surface area contributed by atoms with E-state index in [0.29, 0.717) is 5.76 Å². The molecule has 1 aromatic heterocycles. The molecule has 2 aromatic rings. The molecule has 0 bridgehead atoms. The average molecular weight is 353 g/mol. The highest BCUT2D eigenvalue weighted by atomic mass is 35.5. The summed E-state index contributed by atoms with van der Waals surface area (Å²) in [5, 5.41) is 13.3. The van der Waals surface area contributed by atoms with Crippen LogP contribution in [0.1, 0.15) is 23.0 Å². The highest BCUT2D eigenvalue weighted by Gasteiger charge is 2.21. The molecule has 0 saturated heterocycles. The van der Waals surface area contributed by atoms with Gasteiger partial charge in [-0.3, -0.25) is 14.9 Å². The molecule has 9 heteroatoms. The Kier molecular flexibility index (Phi) is 5.54. The van der Waals surface area contributed by atoms with Crippen molar-refractivity contribution in [3.63, 3.8) is 0 Å². The van der Waals surface area contributed by atoms with Crippen LogP contribution in [-0.2, 0) is 16.1 Å². The Labute approximate surface area is 141 Å². The molecule has 0 aliphatic carbocycles. The Balaban J connectivity index is 1.96. The quantitative estimate of drug-likeness (QED) is 0.486. The van der Waals surface area contributed by atoms with Gasteiger partial charge in [-0.25, -0.2) is 4.79 Å². The Morgan fingerprint density at radius 2 is 2.17 bits per heavy atom. The number of carbonyl (C=O) groups excluding carboxylic acids is 2. The van der Waals surface area contributed by atoms with Gasteiger partial charge in [-0.2, -0.15) is 0 Å². The van der Waals surface area contributed by atoms with Gasteiger partial charge in [0.2, 0.25) is 0 Å². The molecule has 1 amide bonds. The second kappa shape index (κ2) is 7.60. The fourth-order valence-electron chi connectivity index (χ4n) is 1.79. The van der Waals surface area contributed by atoms with Gasteiger partial charge in [0.05, 0.1) is 23.3 Å². The smallest absolute Gasteiger partial charge is 0.339 e. The minimum absolute atomic E-state index is 0.0724. The van der Waals surface area contributed by atoms with Gasteiger partial charge < -0.3 is 14.5 Å². The Hall–Kier alpha value is -2.87. The fraction of sp³-hybridized carbons (Fsp3) is 0.200. The predicted octanol–water partition coefficient (Wildman–Crippen LogP) is 2.70. The van der Waals surface area contributed by atoms with Gasteiger partial charge in [0.25, 0.3) is 11.6 Å². The Bertz CT molecular complexity index is 759. The van der Waals surface area contributed by atoms with Crippen molar-refractivity contribution in [2.45, 2.75) is 19.6 Å². The summed E-state index contributed by atoms with van der Waals surface area (Å²) in [6, 6.07) is 6.86. The van der Waals surface area contributed by atoms with Crippen molar-refractivity contribution >= 4 is 29.2 Å². The number of esters is 1. The third kappa shape index (κ3) is 4.32. The van der Waals surface area contributed by atoms with E-state index in [0.717, 1.165) is 6.07 Å². The third-order valence-corrected chi connectivity index (χ3v) is 3.37. The number of hydrogen-bond acceptors (Lipinski definition) is 6. The summed E-state index contributed by atoms with van der Waals surface area (Å²) in [4.78, 5) is 34.0. The summed E-state index contributed by atoms with van der Waals surface area (Å²) < 4.78 is 10.1. The number of nitrogens with zero attached hydrogens (tertiary/aromatic N) is 1. The minimum atomic E-state index is -1.08. The van der Waals surface area contributed by atoms with Crippen LogP contribution in [-0.4, -0.2) is 22.9 Å². The van der Waals surface area contributed by atoms with E-state index in [1.807, 2.05) is 0 Å². The van der Waals surface area contributed by atoms with Crippen LogP contribution in [0, 0.1) is 10.1 Å². The lowest BCUT2D eigenvalue weighted by Crippen LogP contribution is -2.35. The zero-order valence-corrected chi connectivity index (χ0v) is 13.3. The lowest BCUT2D eigenvalue weighted by atomic mass is 10.2. The molecule has 1 aromatic carbocycles. The van der Waals surface area contributed by atoms with E-state index >= 15 is 0 Å². The maximum Gasteiger partial charge on any atom is 0.339 e. The molecule has 2 rings (SSSR count). The summed E-state index contributed by atoms with van der Waals surface area (Å²) in [6.45, 7) is 1.54. The molecule has 0 aliphatic rings. The van der Waals surface area contributed by atoms with Gasteiger partial charge >= 0.3 is 5.97 Å². The molecule has 8 nitrogen and oxygen atoms in total. The monoisotopic (exact) mass is 352 g/mol. The van der Waals surface area contributed by atoms with Crippen LogP contribution >= 0.6 is 11.6 Å². The largest absolute Gasteiger partial charge is 0.467 e. The van der Waals surface area contributed by atoms with Crippen LogP contribution in [0.3, 0.4) is 0 Å². The molecule has 1 heterocycles. The van der Waals surface area contributed by atoms with Crippen LogP contribution in [0.4, 0.5) is 5.69 Å². The molecule has 0 unspecified atom stereocenters. The summed E-state index contributed by atoms with van der Waals surface area (Å²) in [5.41, 5.74) is -0.488. The molecule has 126 valence electrons. The number of ether oxygens (including phenoxy) is 1. The number of nitrogens with one attached hydrogen (secondary N) is 1. The number of nitro groups is 1. The third-order valence-electron chi connectivity index (χ3n) is 3.05. The lowest BCUT2D eigenvalue weighted by molar-refractivity contribution is -0.384. The number of furan rings is 1. The van der Waals surface area contributed by atoms with Gasteiger partial charge in [-0.15, -0.1) is 0 Å². The first kappa shape index (κ1) is 17.5. The van der Waals surface area contributed by atoms with Crippen molar-refractivity contribution in [2.75, 3.05) is 0 Å². The van der Waals surface area contributed by atoms with Crippen molar-refractivity contribution in [2.24, 2.45) is 0 Å². The van der Waals surface area contributed by atoms with E-state index < -0.39 is 28.6 Å². The van der Waals surface area contributed by atoms with Crippen molar-refractivity contribution in [3.05, 3.63) is 63.1 Å². The minimum Gasteiger partial charge on any atom is -0.467 e. The molecular formula is C15H13ClN2O6. The summed E-state index contributed by atoms with van der Waals surface area (Å²) in [6.07, 6.45) is 0.389. The number of halogens is 1. The second-order valence-corrected chi connectivity index (χ2v) is 5.18. The number of hydrogen-bond donors (Lipinski definition) is 1. The van der Waals surface area contributed by atoms with E-state index in [1.165, 1.54) is 25.3 Å². The first-order valence-corrected chi connectivity index (χ1v) is 7.21. The summed E-state index contributed by atoms with van der Waals surface area (Å²) in [7, 11) is 0. The number of amides is 1. The molecule has 1 atom stereocenters. The number of nitro benzene ring substituents is 1. The highest BCUT2D eigenvalue weighted by Crippen LogP contribution is 2.25. The Morgan fingerprint density at radius 1 is 1.42 bits per heavy atom. The zero-order valence-electron chi connectivity index (χ0n) is 12.5. The lowest BCUT2D eigenvalue weighted by Gasteiger charge is -2.13. The van der Waals surface area contributed by atoms with Crippen LogP contribution < -0.4 is 5.32 Å². The van der Waals surface area contributed by atoms with Crippen molar-refractivity contribution in [1.29, 1.82) is 0 Å². The molecule has 24 heavy (non-hydrogen) atoms. The molecule has 0 fully saturated rings. The first-order chi connectivity index (χ1) is 11.4. The topological polar surface area (TPSA) is 112 Å². The summed E-state index contributed by atoms with van der Waals surface area (Å²) >= 11 is 5.68. The van der Waals surface area contributed by atoms with Gasteiger partial charge in [-0.05, 0) is 31.2 Å². The predicted molar refractivity (Wildman–Crippen MR) is 83.5 cm³/mol. The highest BCUT2D eigenvalue weighted by molar-refractivity contribution is 6.32. The molecule has 0 spiro atoms. The molecular weight excluding hydrogens is 340 g/mol. The van der Waals surface area contributed by atoms with Crippen molar-refractivity contribution in [3.8, 4) is 0 Å². The van der Waals surface area contributed by atoms with Gasteiger partial charge in [0.15, 0.2) is 6.10 Å². The SMILES string of the molecule is C[C@H](OC(=O)c1ccc(Cl)c([N+](=O)[O-])c1)C(=O)NCc1ccco1. The molecule has 0 saturated carbocycles. The zero-order chi connectivity index (χ0) is 17.7. The molecule has 0 radical (unpaired) electrons. The van der Waals surface area contributed by atoms with Crippen LogP contribution in [0.5, 0.6) is 0 Å². The Morgan fingerprint density at radius 3 is 2.79 bits per heavy atom. The van der Waals surface area contributed by atoms with Gasteiger partial charge in [0.1, 0.15) is 10.8 Å². The van der Waals surface area contributed by atoms with E-state index in [2.05, 4.69) is 5.32 Å². The van der Waals surface area contributed by atoms with E-state index in [1.54, 1.807) is 12.1 Å². The number of benzene rings is 1. The van der Waals surface area contributed by atoms with Gasteiger partial charge in [-0.1, -0.05) is 11.6 Å². The number of rotatable bonds is 6. The average Bonchev–Trinajstić information content (AvgIpc) is 3.05.